The molecule has 0 radical (unpaired) electrons. The highest BCUT2D eigenvalue weighted by Gasteiger charge is 2.27. The average Bonchev–Trinajstić information content (AvgIpc) is 3.16. The van der Waals surface area contributed by atoms with E-state index in [-0.39, 0.29) is 23.4 Å². The zero-order valence-corrected chi connectivity index (χ0v) is 13.8. The van der Waals surface area contributed by atoms with Gasteiger partial charge in [-0.25, -0.2) is 8.42 Å². The van der Waals surface area contributed by atoms with Crippen LogP contribution in [0.5, 0.6) is 0 Å². The Morgan fingerprint density at radius 1 is 1.45 bits per heavy atom. The average molecular weight is 361 g/mol. The van der Waals surface area contributed by atoms with Gasteiger partial charge in [0, 0.05) is 17.6 Å². The number of benzene rings is 1. The predicted octanol–water partition coefficient (Wildman–Crippen LogP) is 1.66. The fraction of sp³-hybridized carbons (Fsp3) is 0.462. The molecule has 0 aromatic heterocycles. The van der Waals surface area contributed by atoms with Gasteiger partial charge in [-0.1, -0.05) is 15.9 Å². The van der Waals surface area contributed by atoms with Crippen molar-refractivity contribution in [2.45, 2.75) is 30.7 Å². The van der Waals surface area contributed by atoms with Gasteiger partial charge in [0.05, 0.1) is 11.4 Å². The summed E-state index contributed by atoms with van der Waals surface area (Å²) >= 11 is 3.33. The van der Waals surface area contributed by atoms with Crippen molar-refractivity contribution in [2.24, 2.45) is 0 Å². The number of amides is 1. The number of rotatable bonds is 5. The summed E-state index contributed by atoms with van der Waals surface area (Å²) in [7, 11) is -2.22. The standard InChI is InChI=1S/C13H17BrN2O3S/c1-9-7-11(5-6-12(9)14)20(18,19)16(2)8-13(17)15-10-3-4-10/h5-7,10H,3-4,8H2,1-2H3,(H,15,17). The molecule has 1 saturated carbocycles. The molecule has 0 heterocycles. The Labute approximate surface area is 127 Å². The van der Waals surface area contributed by atoms with Crippen LogP contribution in [0.1, 0.15) is 18.4 Å². The van der Waals surface area contributed by atoms with Gasteiger partial charge in [0.25, 0.3) is 0 Å². The molecule has 0 unspecified atom stereocenters. The minimum absolute atomic E-state index is 0.159. The molecule has 1 amide bonds. The molecule has 0 spiro atoms. The molecule has 1 N–H and O–H groups in total. The first-order chi connectivity index (χ1) is 9.30. The molecule has 1 aliphatic carbocycles. The number of aryl methyl sites for hydroxylation is 1. The van der Waals surface area contributed by atoms with E-state index in [1.165, 1.54) is 13.1 Å². The van der Waals surface area contributed by atoms with Crippen molar-refractivity contribution in [1.29, 1.82) is 0 Å². The summed E-state index contributed by atoms with van der Waals surface area (Å²) in [4.78, 5) is 11.9. The second-order valence-corrected chi connectivity index (χ2v) is 7.91. The van der Waals surface area contributed by atoms with E-state index in [1.54, 1.807) is 12.1 Å². The van der Waals surface area contributed by atoms with Gasteiger partial charge in [0.1, 0.15) is 0 Å². The van der Waals surface area contributed by atoms with Crippen molar-refractivity contribution >= 4 is 31.9 Å². The third kappa shape index (κ3) is 3.59. The number of hydrogen-bond acceptors (Lipinski definition) is 3. The molecule has 5 nitrogen and oxygen atoms in total. The first-order valence-corrected chi connectivity index (χ1v) is 8.56. The van der Waals surface area contributed by atoms with Crippen LogP contribution in [0.15, 0.2) is 27.6 Å². The maximum Gasteiger partial charge on any atom is 0.243 e. The molecule has 2 rings (SSSR count). The molecule has 0 saturated heterocycles. The van der Waals surface area contributed by atoms with Crippen molar-refractivity contribution in [1.82, 2.24) is 9.62 Å². The zero-order chi connectivity index (χ0) is 14.9. The monoisotopic (exact) mass is 360 g/mol. The summed E-state index contributed by atoms with van der Waals surface area (Å²) in [5.41, 5.74) is 0.835. The Morgan fingerprint density at radius 2 is 2.10 bits per heavy atom. The van der Waals surface area contributed by atoms with Crippen LogP contribution < -0.4 is 5.32 Å². The Bertz CT molecular complexity index is 627. The SMILES string of the molecule is Cc1cc(S(=O)(=O)N(C)CC(=O)NC2CC2)ccc1Br. The smallest absolute Gasteiger partial charge is 0.243 e. The Morgan fingerprint density at radius 3 is 2.65 bits per heavy atom. The summed E-state index contributed by atoms with van der Waals surface area (Å²) < 4.78 is 26.7. The predicted molar refractivity (Wildman–Crippen MR) is 79.9 cm³/mol. The molecule has 7 heteroatoms. The lowest BCUT2D eigenvalue weighted by Gasteiger charge is -2.17. The van der Waals surface area contributed by atoms with Crippen LogP contribution in [0.4, 0.5) is 0 Å². The van der Waals surface area contributed by atoms with Gasteiger partial charge in [0.2, 0.25) is 15.9 Å². The number of halogens is 1. The lowest BCUT2D eigenvalue weighted by Crippen LogP contribution is -2.39. The lowest BCUT2D eigenvalue weighted by atomic mass is 10.2. The van der Waals surface area contributed by atoms with E-state index in [0.29, 0.717) is 0 Å². The molecule has 0 aliphatic heterocycles. The number of hydrogen-bond donors (Lipinski definition) is 1. The fourth-order valence-electron chi connectivity index (χ4n) is 1.75. The van der Waals surface area contributed by atoms with Gasteiger partial charge in [-0.3, -0.25) is 4.79 Å². The highest BCUT2D eigenvalue weighted by Crippen LogP contribution is 2.22. The number of nitrogens with one attached hydrogen (secondary N) is 1. The molecular weight excluding hydrogens is 344 g/mol. The maximum atomic E-state index is 12.4. The number of likely N-dealkylation sites (N-methyl/N-ethyl adjacent to an activating group) is 1. The molecule has 20 heavy (non-hydrogen) atoms. The van der Waals surface area contributed by atoms with Crippen molar-refractivity contribution in [3.8, 4) is 0 Å². The topological polar surface area (TPSA) is 66.5 Å². The van der Waals surface area contributed by atoms with Crippen molar-refractivity contribution in [3.05, 3.63) is 28.2 Å². The van der Waals surface area contributed by atoms with E-state index >= 15 is 0 Å². The third-order valence-electron chi connectivity index (χ3n) is 3.15. The van der Waals surface area contributed by atoms with Gasteiger partial charge >= 0.3 is 0 Å². The largest absolute Gasteiger partial charge is 0.352 e. The van der Waals surface area contributed by atoms with Crippen LogP contribution >= 0.6 is 15.9 Å². The first kappa shape index (κ1) is 15.5. The van der Waals surface area contributed by atoms with Crippen molar-refractivity contribution in [2.75, 3.05) is 13.6 Å². The molecule has 1 aromatic rings. The Balaban J connectivity index is 2.11. The summed E-state index contributed by atoms with van der Waals surface area (Å²) in [5.74, 6) is -0.257. The van der Waals surface area contributed by atoms with Gasteiger partial charge in [-0.15, -0.1) is 0 Å². The zero-order valence-electron chi connectivity index (χ0n) is 11.4. The third-order valence-corrected chi connectivity index (χ3v) is 5.84. The highest BCUT2D eigenvalue weighted by molar-refractivity contribution is 9.10. The van der Waals surface area contributed by atoms with Gasteiger partial charge in [-0.2, -0.15) is 4.31 Å². The molecule has 0 atom stereocenters. The number of carbonyl (C=O) groups excluding carboxylic acids is 1. The number of sulfonamides is 1. The van der Waals surface area contributed by atoms with E-state index in [0.717, 1.165) is 27.2 Å². The molecule has 0 bridgehead atoms. The molecule has 110 valence electrons. The van der Waals surface area contributed by atoms with E-state index in [2.05, 4.69) is 21.2 Å². The van der Waals surface area contributed by atoms with Gasteiger partial charge in [-0.05, 0) is 43.5 Å². The second-order valence-electron chi connectivity index (χ2n) is 5.01. The molecule has 1 aliphatic rings. The summed E-state index contributed by atoms with van der Waals surface area (Å²) in [5, 5.41) is 2.78. The van der Waals surface area contributed by atoms with Gasteiger partial charge in [0.15, 0.2) is 0 Å². The quantitative estimate of drug-likeness (QED) is 0.868. The fourth-order valence-corrected chi connectivity index (χ4v) is 3.21. The summed E-state index contributed by atoms with van der Waals surface area (Å²) in [6.45, 7) is 1.66. The van der Waals surface area contributed by atoms with Crippen LogP contribution in [0.2, 0.25) is 0 Å². The molecule has 1 aromatic carbocycles. The summed E-state index contributed by atoms with van der Waals surface area (Å²) in [6, 6.07) is 5.05. The van der Waals surface area contributed by atoms with E-state index < -0.39 is 10.0 Å². The first-order valence-electron chi connectivity index (χ1n) is 6.32. The summed E-state index contributed by atoms with van der Waals surface area (Å²) in [6.07, 6.45) is 1.96. The van der Waals surface area contributed by atoms with Gasteiger partial charge < -0.3 is 5.32 Å². The minimum atomic E-state index is -3.64. The van der Waals surface area contributed by atoms with E-state index in [9.17, 15) is 13.2 Å². The van der Waals surface area contributed by atoms with Crippen molar-refractivity contribution in [3.63, 3.8) is 0 Å². The van der Waals surface area contributed by atoms with Crippen molar-refractivity contribution < 1.29 is 13.2 Å². The normalized spacial score (nSPS) is 15.4. The lowest BCUT2D eigenvalue weighted by molar-refractivity contribution is -0.121. The maximum absolute atomic E-state index is 12.4. The van der Waals surface area contributed by atoms with E-state index in [1.807, 2.05) is 6.92 Å². The van der Waals surface area contributed by atoms with E-state index in [4.69, 9.17) is 0 Å². The molecular formula is C13H17BrN2O3S. The molecule has 1 fully saturated rings. The van der Waals surface area contributed by atoms with Crippen LogP contribution in [0.3, 0.4) is 0 Å². The number of nitrogens with zero attached hydrogens (tertiary/aromatic N) is 1. The minimum Gasteiger partial charge on any atom is -0.352 e. The second kappa shape index (κ2) is 5.83. The Kier molecular flexibility index (Phi) is 4.51. The van der Waals surface area contributed by atoms with Crippen LogP contribution in [-0.2, 0) is 14.8 Å². The number of carbonyl (C=O) groups is 1. The highest BCUT2D eigenvalue weighted by atomic mass is 79.9. The van der Waals surface area contributed by atoms with Crippen LogP contribution in [0.25, 0.3) is 0 Å². The Hall–Kier alpha value is -0.920. The van der Waals surface area contributed by atoms with Crippen LogP contribution in [0, 0.1) is 6.92 Å². The van der Waals surface area contributed by atoms with Crippen LogP contribution in [-0.4, -0.2) is 38.3 Å².